The Labute approximate surface area is 74.8 Å². The van der Waals surface area contributed by atoms with Crippen molar-refractivity contribution in [3.05, 3.63) is 21.9 Å². The van der Waals surface area contributed by atoms with Crippen molar-refractivity contribution in [3.8, 4) is 0 Å². The first-order valence-corrected chi connectivity index (χ1v) is 4.63. The molecular formula is C8H11NO2S. The fourth-order valence-electron chi connectivity index (χ4n) is 0.987. The molecule has 12 heavy (non-hydrogen) atoms. The highest BCUT2D eigenvalue weighted by Crippen LogP contribution is 2.18. The Hall–Kier alpha value is -0.870. The van der Waals surface area contributed by atoms with Crippen molar-refractivity contribution in [2.75, 3.05) is 6.54 Å². The van der Waals surface area contributed by atoms with E-state index in [2.05, 4.69) is 0 Å². The smallest absolute Gasteiger partial charge is 0.336 e. The number of carbonyl (C=O) groups is 1. The number of aryl methyl sites for hydroxylation is 1. The Kier molecular flexibility index (Phi) is 3.25. The summed E-state index contributed by atoms with van der Waals surface area (Å²) in [5, 5.41) is 10.5. The number of hydrogen-bond acceptors (Lipinski definition) is 3. The van der Waals surface area contributed by atoms with Gasteiger partial charge in [0, 0.05) is 4.88 Å². The zero-order valence-corrected chi connectivity index (χ0v) is 7.43. The molecule has 0 atom stereocenters. The molecule has 0 saturated heterocycles. The lowest BCUT2D eigenvalue weighted by Gasteiger charge is -1.96. The molecule has 1 aromatic heterocycles. The maximum absolute atomic E-state index is 10.6. The highest BCUT2D eigenvalue weighted by molar-refractivity contribution is 7.10. The molecule has 0 saturated carbocycles. The van der Waals surface area contributed by atoms with E-state index in [1.165, 1.54) is 11.3 Å². The summed E-state index contributed by atoms with van der Waals surface area (Å²) in [7, 11) is 0. The van der Waals surface area contributed by atoms with Gasteiger partial charge in [0.2, 0.25) is 0 Å². The molecule has 0 spiro atoms. The SMILES string of the molecule is NCCCc1sccc1C(=O)O. The minimum Gasteiger partial charge on any atom is -0.478 e. The summed E-state index contributed by atoms with van der Waals surface area (Å²) in [5.41, 5.74) is 5.75. The molecule has 0 amide bonds. The molecule has 0 aliphatic rings. The fourth-order valence-corrected chi connectivity index (χ4v) is 1.90. The van der Waals surface area contributed by atoms with Crippen LogP contribution < -0.4 is 5.73 Å². The number of rotatable bonds is 4. The number of nitrogens with two attached hydrogens (primary N) is 1. The second kappa shape index (κ2) is 4.23. The first-order valence-electron chi connectivity index (χ1n) is 3.75. The molecular weight excluding hydrogens is 174 g/mol. The monoisotopic (exact) mass is 185 g/mol. The molecule has 0 bridgehead atoms. The van der Waals surface area contributed by atoms with Crippen LogP contribution in [0.5, 0.6) is 0 Å². The van der Waals surface area contributed by atoms with E-state index in [1.807, 2.05) is 0 Å². The summed E-state index contributed by atoms with van der Waals surface area (Å²) in [6, 6.07) is 1.64. The Morgan fingerprint density at radius 3 is 3.00 bits per heavy atom. The van der Waals surface area contributed by atoms with Crippen LogP contribution in [0.2, 0.25) is 0 Å². The Morgan fingerprint density at radius 2 is 2.42 bits per heavy atom. The first-order chi connectivity index (χ1) is 5.75. The second-order valence-electron chi connectivity index (χ2n) is 2.45. The number of hydrogen-bond donors (Lipinski definition) is 2. The van der Waals surface area contributed by atoms with E-state index in [0.717, 1.165) is 17.7 Å². The average molecular weight is 185 g/mol. The van der Waals surface area contributed by atoms with Crippen LogP contribution in [-0.4, -0.2) is 17.6 Å². The van der Waals surface area contributed by atoms with Crippen LogP contribution in [0.1, 0.15) is 21.7 Å². The Bertz CT molecular complexity index is 270. The van der Waals surface area contributed by atoms with Gasteiger partial charge in [-0.3, -0.25) is 0 Å². The van der Waals surface area contributed by atoms with Crippen LogP contribution in [0.4, 0.5) is 0 Å². The summed E-state index contributed by atoms with van der Waals surface area (Å²) in [6.45, 7) is 0.608. The number of thiophene rings is 1. The Balaban J connectivity index is 2.70. The van der Waals surface area contributed by atoms with Gasteiger partial charge in [-0.2, -0.15) is 0 Å². The zero-order valence-electron chi connectivity index (χ0n) is 6.62. The lowest BCUT2D eigenvalue weighted by atomic mass is 10.2. The minimum atomic E-state index is -0.844. The molecule has 0 fully saturated rings. The predicted octanol–water partition coefficient (Wildman–Crippen LogP) is 1.34. The number of carboxylic acids is 1. The Morgan fingerprint density at radius 1 is 1.67 bits per heavy atom. The van der Waals surface area contributed by atoms with E-state index in [0.29, 0.717) is 12.1 Å². The van der Waals surface area contributed by atoms with Gasteiger partial charge in [0.25, 0.3) is 0 Å². The van der Waals surface area contributed by atoms with Gasteiger partial charge in [0.05, 0.1) is 5.56 Å². The summed E-state index contributed by atoms with van der Waals surface area (Å²) in [6.07, 6.45) is 1.62. The van der Waals surface area contributed by atoms with Gasteiger partial charge >= 0.3 is 5.97 Å². The van der Waals surface area contributed by atoms with Crippen LogP contribution in [0, 0.1) is 0 Å². The molecule has 3 N–H and O–H groups in total. The third-order valence-electron chi connectivity index (χ3n) is 1.58. The van der Waals surface area contributed by atoms with Crippen LogP contribution in [-0.2, 0) is 6.42 Å². The summed E-state index contributed by atoms with van der Waals surface area (Å²) < 4.78 is 0. The maximum atomic E-state index is 10.6. The third kappa shape index (κ3) is 2.06. The minimum absolute atomic E-state index is 0.424. The van der Waals surface area contributed by atoms with Gasteiger partial charge in [0.15, 0.2) is 0 Å². The quantitative estimate of drug-likeness (QED) is 0.744. The van der Waals surface area contributed by atoms with Crippen molar-refractivity contribution in [3.63, 3.8) is 0 Å². The van der Waals surface area contributed by atoms with E-state index in [9.17, 15) is 4.79 Å². The predicted molar refractivity (Wildman–Crippen MR) is 48.7 cm³/mol. The van der Waals surface area contributed by atoms with Crippen molar-refractivity contribution < 1.29 is 9.90 Å². The van der Waals surface area contributed by atoms with Gasteiger partial charge in [-0.25, -0.2) is 4.79 Å². The molecule has 0 unspecified atom stereocenters. The van der Waals surface area contributed by atoms with E-state index < -0.39 is 5.97 Å². The highest BCUT2D eigenvalue weighted by Gasteiger charge is 2.09. The number of aromatic carboxylic acids is 1. The van der Waals surface area contributed by atoms with Crippen molar-refractivity contribution in [1.29, 1.82) is 0 Å². The van der Waals surface area contributed by atoms with Crippen molar-refractivity contribution in [2.45, 2.75) is 12.8 Å². The lowest BCUT2D eigenvalue weighted by Crippen LogP contribution is -2.03. The van der Waals surface area contributed by atoms with Gasteiger partial charge in [-0.05, 0) is 30.8 Å². The summed E-state index contributed by atoms with van der Waals surface area (Å²) in [5.74, 6) is -0.844. The van der Waals surface area contributed by atoms with Crippen molar-refractivity contribution in [1.82, 2.24) is 0 Å². The van der Waals surface area contributed by atoms with Crippen LogP contribution in [0.25, 0.3) is 0 Å². The molecule has 4 heteroatoms. The molecule has 0 aliphatic carbocycles. The highest BCUT2D eigenvalue weighted by atomic mass is 32.1. The fraction of sp³-hybridized carbons (Fsp3) is 0.375. The van der Waals surface area contributed by atoms with Crippen molar-refractivity contribution in [2.24, 2.45) is 5.73 Å². The number of carboxylic acid groups (broad SMARTS) is 1. The molecule has 1 rings (SSSR count). The molecule has 66 valence electrons. The van der Waals surface area contributed by atoms with Crippen LogP contribution in [0.15, 0.2) is 11.4 Å². The van der Waals surface area contributed by atoms with Gasteiger partial charge in [0.1, 0.15) is 0 Å². The summed E-state index contributed by atoms with van der Waals surface area (Å²) in [4.78, 5) is 11.5. The topological polar surface area (TPSA) is 63.3 Å². The molecule has 1 heterocycles. The zero-order chi connectivity index (χ0) is 8.97. The lowest BCUT2D eigenvalue weighted by molar-refractivity contribution is 0.0696. The second-order valence-corrected chi connectivity index (χ2v) is 3.46. The van der Waals surface area contributed by atoms with E-state index in [-0.39, 0.29) is 0 Å². The standard InChI is InChI=1S/C8H11NO2S/c9-4-1-2-7-6(8(10)11)3-5-12-7/h3,5H,1-2,4,9H2,(H,10,11). The molecule has 3 nitrogen and oxygen atoms in total. The molecule has 0 radical (unpaired) electrons. The largest absolute Gasteiger partial charge is 0.478 e. The normalized spacial score (nSPS) is 10.1. The summed E-state index contributed by atoms with van der Waals surface area (Å²) >= 11 is 1.48. The van der Waals surface area contributed by atoms with E-state index in [1.54, 1.807) is 11.4 Å². The van der Waals surface area contributed by atoms with E-state index >= 15 is 0 Å². The molecule has 0 aliphatic heterocycles. The molecule has 1 aromatic rings. The first kappa shape index (κ1) is 9.22. The van der Waals surface area contributed by atoms with E-state index in [4.69, 9.17) is 10.8 Å². The average Bonchev–Trinajstić information content (AvgIpc) is 2.48. The van der Waals surface area contributed by atoms with Gasteiger partial charge in [-0.1, -0.05) is 0 Å². The van der Waals surface area contributed by atoms with Gasteiger partial charge in [-0.15, -0.1) is 11.3 Å². The molecule has 0 aromatic carbocycles. The maximum Gasteiger partial charge on any atom is 0.336 e. The van der Waals surface area contributed by atoms with Crippen LogP contribution in [0.3, 0.4) is 0 Å². The third-order valence-corrected chi connectivity index (χ3v) is 2.56. The van der Waals surface area contributed by atoms with Gasteiger partial charge < -0.3 is 10.8 Å². The van der Waals surface area contributed by atoms with Crippen molar-refractivity contribution >= 4 is 17.3 Å². The van der Waals surface area contributed by atoms with Crippen LogP contribution >= 0.6 is 11.3 Å².